The van der Waals surface area contributed by atoms with Crippen molar-refractivity contribution in [2.45, 2.75) is 57.9 Å². The molecule has 0 N–H and O–H groups in total. The van der Waals surface area contributed by atoms with E-state index in [-0.39, 0.29) is 10.8 Å². The summed E-state index contributed by atoms with van der Waals surface area (Å²) in [5.41, 5.74) is 24.6. The zero-order chi connectivity index (χ0) is 43.1. The molecule has 1 atom stereocenters. The maximum absolute atomic E-state index is 2.65. The summed E-state index contributed by atoms with van der Waals surface area (Å²) in [5.74, 6) is 0. The monoisotopic (exact) mass is 834 g/mol. The van der Waals surface area contributed by atoms with Crippen LogP contribution in [-0.4, -0.2) is 8.80 Å². The van der Waals surface area contributed by atoms with Crippen LogP contribution in [0.1, 0.15) is 73.9 Å². The first-order valence-electron chi connectivity index (χ1n) is 23.3. The van der Waals surface area contributed by atoms with Crippen molar-refractivity contribution in [3.63, 3.8) is 0 Å². The van der Waals surface area contributed by atoms with E-state index in [0.29, 0.717) is 0 Å². The number of fused-ring (bicyclic) bond motifs is 11. The van der Waals surface area contributed by atoms with Gasteiger partial charge in [0.05, 0.1) is 0 Å². The number of benzene rings is 9. The van der Waals surface area contributed by atoms with E-state index in [9.17, 15) is 0 Å². The van der Waals surface area contributed by atoms with Crippen LogP contribution in [-0.2, 0) is 10.8 Å². The molecule has 1 unspecified atom stereocenters. The number of allylic oxidation sites excluding steroid dienone is 4. The molecule has 0 amide bonds. The highest BCUT2D eigenvalue weighted by Crippen LogP contribution is 2.54. The van der Waals surface area contributed by atoms with Crippen LogP contribution in [0.3, 0.4) is 0 Å². The van der Waals surface area contributed by atoms with E-state index in [1.54, 1.807) is 10.4 Å². The zero-order valence-corrected chi connectivity index (χ0v) is 38.5. The van der Waals surface area contributed by atoms with Gasteiger partial charge in [-0.2, -0.15) is 0 Å². The molecule has 0 saturated carbocycles. The Hall–Kier alpha value is -6.80. The first-order valence-corrected chi connectivity index (χ1v) is 25.6. The molecule has 0 fully saturated rings. The summed E-state index contributed by atoms with van der Waals surface area (Å²) in [5, 5.41) is 8.44. The van der Waals surface area contributed by atoms with Crippen LogP contribution < -0.4 is 10.4 Å². The third kappa shape index (κ3) is 5.22. The minimum atomic E-state index is -1.58. The summed E-state index contributed by atoms with van der Waals surface area (Å²) in [6, 6.07) is 65.7. The molecule has 64 heavy (non-hydrogen) atoms. The van der Waals surface area contributed by atoms with E-state index in [1.807, 2.05) is 0 Å². The highest BCUT2D eigenvalue weighted by molar-refractivity contribution is 6.88. The second-order valence-corrected chi connectivity index (χ2v) is 22.6. The van der Waals surface area contributed by atoms with Gasteiger partial charge < -0.3 is 0 Å². The molecule has 1 heteroatoms. The molecule has 4 aliphatic rings. The first-order chi connectivity index (χ1) is 31.2. The van der Waals surface area contributed by atoms with Gasteiger partial charge in [0.1, 0.15) is 8.80 Å². The maximum atomic E-state index is 2.65. The minimum Gasteiger partial charge on any atom is -0.0836 e. The van der Waals surface area contributed by atoms with Crippen LogP contribution in [0.2, 0.25) is 6.55 Å². The standard InChI is InChI=1S/C63H50Si/c1-62(2)54-25-15-13-21-44(54)46-30-28-40(33-56(46)62)60-49-23-11-12-24-50(49)61(41-29-31-47-45-22-14-16-26-55(45)63(3,4)57(47)34-41)53-37-59-51(36-52(53)60)48-32-27-39(35-58(48)64(59)5)43-20-10-9-19-42(43)38-17-7-6-8-18-38/h6-8,10-18,20-37,64H,9,19H2,1-5H3. The molecule has 1 aliphatic heterocycles. The number of rotatable bonds is 4. The lowest BCUT2D eigenvalue weighted by Crippen LogP contribution is -2.34. The lowest BCUT2D eigenvalue weighted by atomic mass is 9.79. The normalized spacial score (nSPS) is 17.0. The van der Waals surface area contributed by atoms with Crippen molar-refractivity contribution < 1.29 is 0 Å². The Morgan fingerprint density at radius 2 is 0.891 bits per heavy atom. The lowest BCUT2D eigenvalue weighted by molar-refractivity contribution is 0.660. The second-order valence-electron chi connectivity index (χ2n) is 19.9. The quantitative estimate of drug-likeness (QED) is 0.122. The van der Waals surface area contributed by atoms with Gasteiger partial charge in [0, 0.05) is 10.8 Å². The smallest absolute Gasteiger partial charge is 0.0836 e. The summed E-state index contributed by atoms with van der Waals surface area (Å²) in [4.78, 5) is 0. The van der Waals surface area contributed by atoms with Gasteiger partial charge >= 0.3 is 0 Å². The fraction of sp³-hybridized carbons (Fsp3) is 0.143. The second kappa shape index (κ2) is 13.6. The molecular formula is C63H50Si. The van der Waals surface area contributed by atoms with Gasteiger partial charge in [-0.15, -0.1) is 0 Å². The summed E-state index contributed by atoms with van der Waals surface area (Å²) in [6.45, 7) is 12.2. The van der Waals surface area contributed by atoms with E-state index < -0.39 is 8.80 Å². The molecule has 3 aliphatic carbocycles. The van der Waals surface area contributed by atoms with Crippen LogP contribution in [0.5, 0.6) is 0 Å². The summed E-state index contributed by atoms with van der Waals surface area (Å²) in [7, 11) is -1.58. The number of hydrogen-bond acceptors (Lipinski definition) is 0. The average molecular weight is 835 g/mol. The molecule has 9 aromatic rings. The molecular weight excluding hydrogens is 785 g/mol. The van der Waals surface area contributed by atoms with Gasteiger partial charge in [0.2, 0.25) is 0 Å². The Labute approximate surface area is 378 Å². The molecule has 1 heterocycles. The Morgan fingerprint density at radius 1 is 0.391 bits per heavy atom. The minimum absolute atomic E-state index is 0.0896. The maximum Gasteiger partial charge on any atom is 0.101 e. The van der Waals surface area contributed by atoms with Gasteiger partial charge in [0.15, 0.2) is 0 Å². The van der Waals surface area contributed by atoms with E-state index in [0.717, 1.165) is 12.8 Å². The summed E-state index contributed by atoms with van der Waals surface area (Å²) >= 11 is 0. The zero-order valence-electron chi connectivity index (χ0n) is 37.3. The predicted molar refractivity (Wildman–Crippen MR) is 277 cm³/mol. The Bertz CT molecular complexity index is 3560. The van der Waals surface area contributed by atoms with E-state index >= 15 is 0 Å². The van der Waals surface area contributed by atoms with Crippen molar-refractivity contribution in [2.75, 3.05) is 0 Å². The van der Waals surface area contributed by atoms with Crippen molar-refractivity contribution in [3.05, 3.63) is 215 Å². The Morgan fingerprint density at radius 3 is 1.52 bits per heavy atom. The highest BCUT2D eigenvalue weighted by atomic mass is 28.3. The van der Waals surface area contributed by atoms with Crippen LogP contribution in [0.4, 0.5) is 0 Å². The van der Waals surface area contributed by atoms with Crippen LogP contribution in [0.15, 0.2) is 182 Å². The SMILES string of the molecule is C[SiH]1c2cc(C3=C(c4ccccc4)CCC=C3)ccc2-c2cc3c(-c4ccc5c(c4)C(C)(C)c4ccccc4-5)c4ccccc4c(-c4ccc5c(c4)C(C)(C)c4ccccc4-5)c3cc21. The summed E-state index contributed by atoms with van der Waals surface area (Å²) in [6.07, 6.45) is 6.91. The van der Waals surface area contributed by atoms with Crippen molar-refractivity contribution in [3.8, 4) is 55.6 Å². The topological polar surface area (TPSA) is 0 Å². The summed E-state index contributed by atoms with van der Waals surface area (Å²) < 4.78 is 0. The van der Waals surface area contributed by atoms with Gasteiger partial charge in [0.25, 0.3) is 0 Å². The molecule has 0 nitrogen and oxygen atoms in total. The molecule has 306 valence electrons. The van der Waals surface area contributed by atoms with E-state index in [4.69, 9.17) is 0 Å². The third-order valence-corrected chi connectivity index (χ3v) is 18.6. The molecule has 13 rings (SSSR count). The largest absolute Gasteiger partial charge is 0.101 e. The van der Waals surface area contributed by atoms with Crippen LogP contribution in [0.25, 0.3) is 88.3 Å². The fourth-order valence-corrected chi connectivity index (χ4v) is 15.2. The fourth-order valence-electron chi connectivity index (χ4n) is 12.5. The van der Waals surface area contributed by atoms with Crippen molar-refractivity contribution in [2.24, 2.45) is 0 Å². The Balaban J connectivity index is 1.07. The molecule has 0 spiro atoms. The molecule has 0 saturated heterocycles. The lowest BCUT2D eigenvalue weighted by Gasteiger charge is -2.24. The van der Waals surface area contributed by atoms with Crippen molar-refractivity contribution >= 4 is 51.9 Å². The van der Waals surface area contributed by atoms with Crippen molar-refractivity contribution in [1.29, 1.82) is 0 Å². The molecule has 9 aromatic carbocycles. The molecule has 0 aromatic heterocycles. The van der Waals surface area contributed by atoms with Gasteiger partial charge in [-0.1, -0.05) is 198 Å². The highest BCUT2D eigenvalue weighted by Gasteiger charge is 2.38. The Kier molecular flexibility index (Phi) is 8.02. The van der Waals surface area contributed by atoms with E-state index in [2.05, 4.69) is 216 Å². The van der Waals surface area contributed by atoms with Gasteiger partial charge in [-0.25, -0.2) is 0 Å². The van der Waals surface area contributed by atoms with E-state index in [1.165, 1.54) is 122 Å². The first kappa shape index (κ1) is 37.7. The molecule has 0 bridgehead atoms. The van der Waals surface area contributed by atoms with Crippen LogP contribution >= 0.6 is 0 Å². The third-order valence-electron chi connectivity index (χ3n) is 15.8. The number of hydrogen-bond donors (Lipinski definition) is 0. The molecule has 0 radical (unpaired) electrons. The van der Waals surface area contributed by atoms with Crippen LogP contribution in [0, 0.1) is 0 Å². The van der Waals surface area contributed by atoms with Gasteiger partial charge in [-0.3, -0.25) is 0 Å². The van der Waals surface area contributed by atoms with Crippen molar-refractivity contribution in [1.82, 2.24) is 0 Å². The van der Waals surface area contributed by atoms with Gasteiger partial charge in [-0.05, 0) is 163 Å². The average Bonchev–Trinajstić information content (AvgIpc) is 3.84. The predicted octanol–water partition coefficient (Wildman–Crippen LogP) is 15.2.